The molecule has 0 fully saturated rings. The van der Waals surface area contributed by atoms with E-state index in [0.29, 0.717) is 5.69 Å². The van der Waals surface area contributed by atoms with Crippen LogP contribution in [0.25, 0.3) is 0 Å². The van der Waals surface area contributed by atoms with E-state index in [-0.39, 0.29) is 11.5 Å². The molecule has 1 unspecified atom stereocenters. The van der Waals surface area contributed by atoms with Gasteiger partial charge in [0.15, 0.2) is 0 Å². The third-order valence-electron chi connectivity index (χ3n) is 3.33. The van der Waals surface area contributed by atoms with E-state index in [2.05, 4.69) is 5.32 Å². The minimum atomic E-state index is -3.70. The Morgan fingerprint density at radius 2 is 1.67 bits per heavy atom. The smallest absolute Gasteiger partial charge is 0.238 e. The van der Waals surface area contributed by atoms with Crippen molar-refractivity contribution in [2.45, 2.75) is 17.4 Å². The Hall–Kier alpha value is -1.89. The number of hydrogen-bond acceptors (Lipinski definition) is 4. The Bertz CT molecular complexity index is 699. The van der Waals surface area contributed by atoms with Gasteiger partial charge >= 0.3 is 0 Å². The van der Waals surface area contributed by atoms with Crippen molar-refractivity contribution in [1.29, 1.82) is 0 Å². The molecule has 0 saturated heterocycles. The van der Waals surface area contributed by atoms with Crippen molar-refractivity contribution in [3.05, 3.63) is 60.2 Å². The molecule has 0 amide bonds. The van der Waals surface area contributed by atoms with Crippen LogP contribution >= 0.6 is 0 Å². The molecule has 0 spiro atoms. The summed E-state index contributed by atoms with van der Waals surface area (Å²) in [6.07, 6.45) is 0. The maximum atomic E-state index is 11.2. The maximum Gasteiger partial charge on any atom is 0.238 e. The fraction of sp³-hybridized carbons (Fsp3) is 0.200. The van der Waals surface area contributed by atoms with Crippen molar-refractivity contribution < 1.29 is 13.5 Å². The maximum absolute atomic E-state index is 11.2. The molecule has 1 atom stereocenters. The number of benzene rings is 2. The van der Waals surface area contributed by atoms with Crippen LogP contribution in [0.5, 0.6) is 0 Å². The van der Waals surface area contributed by atoms with E-state index < -0.39 is 15.6 Å². The van der Waals surface area contributed by atoms with Gasteiger partial charge < -0.3 is 10.4 Å². The van der Waals surface area contributed by atoms with Gasteiger partial charge in [0.1, 0.15) is 0 Å². The van der Waals surface area contributed by atoms with Crippen LogP contribution < -0.4 is 10.5 Å². The van der Waals surface area contributed by atoms with Gasteiger partial charge in [-0.05, 0) is 36.8 Å². The molecule has 0 saturated carbocycles. The second-order valence-corrected chi connectivity index (χ2v) is 6.61. The summed E-state index contributed by atoms with van der Waals surface area (Å²) in [5.74, 6) is 0. The van der Waals surface area contributed by atoms with Gasteiger partial charge in [-0.2, -0.15) is 0 Å². The van der Waals surface area contributed by atoms with E-state index in [4.69, 9.17) is 5.14 Å². The van der Waals surface area contributed by atoms with E-state index in [1.807, 2.05) is 37.3 Å². The normalized spacial score (nSPS) is 14.4. The van der Waals surface area contributed by atoms with E-state index in [9.17, 15) is 13.5 Å². The summed E-state index contributed by atoms with van der Waals surface area (Å²) in [6.45, 7) is 1.77. The molecule has 6 heteroatoms. The van der Waals surface area contributed by atoms with Gasteiger partial charge in [0.2, 0.25) is 10.0 Å². The van der Waals surface area contributed by atoms with Crippen LogP contribution in [0.15, 0.2) is 59.5 Å². The molecular weight excluding hydrogens is 288 g/mol. The summed E-state index contributed by atoms with van der Waals surface area (Å²) in [5, 5.41) is 18.0. The lowest BCUT2D eigenvalue weighted by atomic mass is 9.92. The van der Waals surface area contributed by atoms with E-state index in [1.54, 1.807) is 12.1 Å². The average Bonchev–Trinajstić information content (AvgIpc) is 2.47. The number of primary sulfonamides is 1. The van der Waals surface area contributed by atoms with Gasteiger partial charge in [-0.3, -0.25) is 0 Å². The van der Waals surface area contributed by atoms with Crippen LogP contribution in [0.3, 0.4) is 0 Å². The minimum absolute atomic E-state index is 0.0541. The quantitative estimate of drug-likeness (QED) is 0.783. The third-order valence-corrected chi connectivity index (χ3v) is 4.26. The molecule has 2 rings (SSSR count). The molecule has 112 valence electrons. The monoisotopic (exact) mass is 306 g/mol. The summed E-state index contributed by atoms with van der Waals surface area (Å²) in [7, 11) is -3.70. The second-order valence-electron chi connectivity index (χ2n) is 5.05. The molecule has 2 aromatic rings. The van der Waals surface area contributed by atoms with Crippen molar-refractivity contribution in [2.75, 3.05) is 11.9 Å². The van der Waals surface area contributed by atoms with Crippen molar-refractivity contribution in [1.82, 2.24) is 0 Å². The Morgan fingerprint density at radius 3 is 2.14 bits per heavy atom. The molecule has 4 N–H and O–H groups in total. The lowest BCUT2D eigenvalue weighted by Crippen LogP contribution is -2.35. The largest absolute Gasteiger partial charge is 0.394 e. The zero-order valence-corrected chi connectivity index (χ0v) is 12.5. The Kier molecular flexibility index (Phi) is 4.32. The fourth-order valence-electron chi connectivity index (χ4n) is 2.06. The molecule has 5 nitrogen and oxygen atoms in total. The van der Waals surface area contributed by atoms with E-state index >= 15 is 0 Å². The summed E-state index contributed by atoms with van der Waals surface area (Å²) in [6, 6.07) is 15.6. The standard InChI is InChI=1S/C15H18N2O3S/c1-15(11-18,12-5-3-2-4-6-12)17-13-7-9-14(10-8-13)21(16,19)20/h2-10,17-18H,11H2,1H3,(H2,16,19,20). The van der Waals surface area contributed by atoms with Crippen LogP contribution in [-0.4, -0.2) is 20.1 Å². The summed E-state index contributed by atoms with van der Waals surface area (Å²) < 4.78 is 22.4. The number of rotatable bonds is 5. The van der Waals surface area contributed by atoms with Crippen molar-refractivity contribution in [3.63, 3.8) is 0 Å². The molecule has 2 aromatic carbocycles. The van der Waals surface area contributed by atoms with Gasteiger partial charge in [-0.25, -0.2) is 13.6 Å². The molecule has 0 aliphatic rings. The van der Waals surface area contributed by atoms with Gasteiger partial charge in [-0.15, -0.1) is 0 Å². The van der Waals surface area contributed by atoms with E-state index in [1.165, 1.54) is 12.1 Å². The van der Waals surface area contributed by atoms with Gasteiger partial charge in [0.25, 0.3) is 0 Å². The predicted molar refractivity (Wildman–Crippen MR) is 82.3 cm³/mol. The average molecular weight is 306 g/mol. The van der Waals surface area contributed by atoms with Crippen molar-refractivity contribution >= 4 is 15.7 Å². The summed E-state index contributed by atoms with van der Waals surface area (Å²) in [4.78, 5) is 0.0541. The molecule has 0 heterocycles. The van der Waals surface area contributed by atoms with Crippen LogP contribution in [-0.2, 0) is 15.6 Å². The molecule has 0 radical (unpaired) electrons. The Labute approximate surface area is 124 Å². The molecule has 0 aliphatic heterocycles. The number of nitrogens with two attached hydrogens (primary N) is 1. The SMILES string of the molecule is CC(CO)(Nc1ccc(S(N)(=O)=O)cc1)c1ccccc1. The van der Waals surface area contributed by atoms with E-state index in [0.717, 1.165) is 5.56 Å². The first-order valence-electron chi connectivity index (χ1n) is 6.42. The molecule has 0 aromatic heterocycles. The van der Waals surface area contributed by atoms with Gasteiger partial charge in [-0.1, -0.05) is 30.3 Å². The minimum Gasteiger partial charge on any atom is -0.394 e. The number of nitrogens with one attached hydrogen (secondary N) is 1. The first-order chi connectivity index (χ1) is 9.85. The highest BCUT2D eigenvalue weighted by atomic mass is 32.2. The number of aliphatic hydroxyl groups excluding tert-OH is 1. The Balaban J connectivity index is 2.27. The molecule has 0 aliphatic carbocycles. The second kappa shape index (κ2) is 5.85. The number of aliphatic hydroxyl groups is 1. The van der Waals surface area contributed by atoms with Crippen LogP contribution in [0.2, 0.25) is 0 Å². The van der Waals surface area contributed by atoms with Crippen LogP contribution in [0, 0.1) is 0 Å². The van der Waals surface area contributed by atoms with Crippen LogP contribution in [0.1, 0.15) is 12.5 Å². The first-order valence-corrected chi connectivity index (χ1v) is 7.97. The highest BCUT2D eigenvalue weighted by Crippen LogP contribution is 2.26. The van der Waals surface area contributed by atoms with Gasteiger partial charge in [0.05, 0.1) is 17.0 Å². The highest BCUT2D eigenvalue weighted by Gasteiger charge is 2.25. The first kappa shape index (κ1) is 15.5. The predicted octanol–water partition coefficient (Wildman–Crippen LogP) is 1.65. The summed E-state index contributed by atoms with van der Waals surface area (Å²) in [5.41, 5.74) is 0.968. The molecular formula is C15H18N2O3S. The van der Waals surface area contributed by atoms with Gasteiger partial charge in [0, 0.05) is 5.69 Å². The number of anilines is 1. The van der Waals surface area contributed by atoms with Crippen molar-refractivity contribution in [3.8, 4) is 0 Å². The topological polar surface area (TPSA) is 92.4 Å². The zero-order chi connectivity index (χ0) is 15.5. The third kappa shape index (κ3) is 3.60. The lowest BCUT2D eigenvalue weighted by molar-refractivity contribution is 0.224. The Morgan fingerprint density at radius 1 is 1.10 bits per heavy atom. The van der Waals surface area contributed by atoms with Crippen LogP contribution in [0.4, 0.5) is 5.69 Å². The summed E-state index contributed by atoms with van der Waals surface area (Å²) >= 11 is 0. The molecule has 21 heavy (non-hydrogen) atoms. The number of sulfonamides is 1. The zero-order valence-electron chi connectivity index (χ0n) is 11.7. The highest BCUT2D eigenvalue weighted by molar-refractivity contribution is 7.89. The van der Waals surface area contributed by atoms with Crippen molar-refractivity contribution in [2.24, 2.45) is 5.14 Å². The number of hydrogen-bond donors (Lipinski definition) is 3. The lowest BCUT2D eigenvalue weighted by Gasteiger charge is -2.30. The fourth-order valence-corrected chi connectivity index (χ4v) is 2.57. The molecule has 0 bridgehead atoms.